The Labute approximate surface area is 207 Å². The van der Waals surface area contributed by atoms with Gasteiger partial charge in [-0.2, -0.15) is 0 Å². The molecule has 0 aromatic rings. The molecule has 4 aliphatic rings. The number of carboxylic acid groups (broad SMARTS) is 1. The van der Waals surface area contributed by atoms with Crippen molar-refractivity contribution >= 4 is 5.97 Å². The molecule has 0 aromatic heterocycles. The lowest BCUT2D eigenvalue weighted by Crippen LogP contribution is -2.53. The zero-order valence-corrected chi connectivity index (χ0v) is 22.2. The van der Waals surface area contributed by atoms with E-state index in [0.717, 1.165) is 58.3 Å². The maximum atomic E-state index is 11.6. The van der Waals surface area contributed by atoms with E-state index in [9.17, 15) is 10.2 Å². The Kier molecular flexibility index (Phi) is 10.2. The van der Waals surface area contributed by atoms with Crippen LogP contribution >= 0.6 is 0 Å². The van der Waals surface area contributed by atoms with Gasteiger partial charge in [0, 0.05) is 12.0 Å². The van der Waals surface area contributed by atoms with Crippen molar-refractivity contribution in [3.05, 3.63) is 12.2 Å². The number of carboxylic acids is 1. The summed E-state index contributed by atoms with van der Waals surface area (Å²) in [5.41, 5.74) is 8.37. The highest BCUT2D eigenvalue weighted by Crippen LogP contribution is 2.61. The van der Waals surface area contributed by atoms with Gasteiger partial charge in [0.15, 0.2) is 0 Å². The van der Waals surface area contributed by atoms with E-state index in [1.54, 1.807) is 0 Å². The van der Waals surface area contributed by atoms with Crippen LogP contribution in [0.25, 0.3) is 0 Å². The van der Waals surface area contributed by atoms with Gasteiger partial charge in [0.1, 0.15) is 0 Å². The summed E-state index contributed by atoms with van der Waals surface area (Å²) in [4.78, 5) is 8.89. The summed E-state index contributed by atoms with van der Waals surface area (Å²) in [7, 11) is 0. The van der Waals surface area contributed by atoms with Gasteiger partial charge in [-0.25, -0.2) is 0 Å². The lowest BCUT2D eigenvalue weighted by atomic mass is 9.51. The molecule has 0 bridgehead atoms. The van der Waals surface area contributed by atoms with Crippen LogP contribution in [0.3, 0.4) is 0 Å². The monoisotopic (exact) mass is 480 g/mol. The second-order valence-electron chi connectivity index (χ2n) is 12.2. The Morgan fingerprint density at radius 3 is 2.32 bits per heavy atom. The fourth-order valence-corrected chi connectivity index (χ4v) is 8.07. The van der Waals surface area contributed by atoms with Gasteiger partial charge >= 0.3 is 0 Å². The number of carbonyl (C=O) groups is 1. The average molecular weight is 481 g/mol. The molecule has 4 aliphatic carbocycles. The van der Waals surface area contributed by atoms with E-state index in [1.807, 2.05) is 0 Å². The summed E-state index contributed by atoms with van der Waals surface area (Å²) < 4.78 is 0. The van der Waals surface area contributed by atoms with Crippen LogP contribution in [0, 0.1) is 34.5 Å². The van der Waals surface area contributed by atoms with Crippen molar-refractivity contribution in [2.24, 2.45) is 40.2 Å². The fourth-order valence-electron chi connectivity index (χ4n) is 8.07. The minimum Gasteiger partial charge on any atom is -0.550 e. The topological polar surface area (TPSA) is 143 Å². The summed E-state index contributed by atoms with van der Waals surface area (Å²) in [6.45, 7) is 10.1. The number of aliphatic carboxylic acids is 1. The highest BCUT2D eigenvalue weighted by molar-refractivity contribution is 5.60. The number of aliphatic hydroxyl groups excluding tert-OH is 2. The van der Waals surface area contributed by atoms with Crippen LogP contribution in [0.15, 0.2) is 12.2 Å². The average Bonchev–Trinajstić information content (AvgIpc) is 3.06. The highest BCUT2D eigenvalue weighted by Gasteiger charge is 2.56. The number of carbonyl (C=O) groups excluding carboxylic acids is 1. The molecule has 34 heavy (non-hydrogen) atoms. The molecule has 0 heterocycles. The molecule has 198 valence electrons. The molecule has 3 unspecified atom stereocenters. The lowest BCUT2D eigenvalue weighted by Gasteiger charge is -2.56. The maximum absolute atomic E-state index is 11.6. The van der Waals surface area contributed by atoms with Gasteiger partial charge in [-0.1, -0.05) is 45.3 Å². The van der Waals surface area contributed by atoms with Crippen molar-refractivity contribution in [1.29, 1.82) is 0 Å². The van der Waals surface area contributed by atoms with E-state index in [4.69, 9.17) is 15.6 Å². The fraction of sp³-hybridized carbons (Fsp3) is 0.893. The van der Waals surface area contributed by atoms with Crippen molar-refractivity contribution in [1.82, 2.24) is 6.15 Å². The first-order valence-electron chi connectivity index (χ1n) is 13.5. The first-order chi connectivity index (χ1) is 15.5. The minimum absolute atomic E-state index is 0. The van der Waals surface area contributed by atoms with Crippen LogP contribution in [0.5, 0.6) is 0 Å². The van der Waals surface area contributed by atoms with Gasteiger partial charge in [0.25, 0.3) is 0 Å². The summed E-state index contributed by atoms with van der Waals surface area (Å²) >= 11 is 0. The Hall–Kier alpha value is -0.950. The van der Waals surface area contributed by atoms with Crippen LogP contribution in [-0.4, -0.2) is 34.4 Å². The molecule has 4 fully saturated rings. The van der Waals surface area contributed by atoms with Gasteiger partial charge in [-0.05, 0) is 106 Å². The molecule has 0 radical (unpaired) electrons. The summed E-state index contributed by atoms with van der Waals surface area (Å²) in [5, 5.41) is 31.0. The molecular formula is C28H52N2O4. The largest absolute Gasteiger partial charge is 0.550 e. The normalized spacial score (nSPS) is 41.5. The van der Waals surface area contributed by atoms with Gasteiger partial charge in [-0.3, -0.25) is 0 Å². The summed E-state index contributed by atoms with van der Waals surface area (Å²) in [5.74, 6) is 0.703. The molecule has 8 N–H and O–H groups in total. The van der Waals surface area contributed by atoms with E-state index in [0.29, 0.717) is 23.7 Å². The molecule has 0 amide bonds. The smallest absolute Gasteiger partial charge is 0.0610 e. The quantitative estimate of drug-likeness (QED) is 0.443. The Balaban J connectivity index is 0.000000758. The van der Waals surface area contributed by atoms with Crippen molar-refractivity contribution in [3.8, 4) is 0 Å². The van der Waals surface area contributed by atoms with E-state index in [2.05, 4.69) is 20.4 Å². The maximum Gasteiger partial charge on any atom is 0.0610 e. The Morgan fingerprint density at radius 1 is 1.09 bits per heavy atom. The third-order valence-electron chi connectivity index (χ3n) is 10.3. The zero-order valence-electron chi connectivity index (χ0n) is 22.2. The minimum atomic E-state index is -1.08. The molecule has 0 aliphatic heterocycles. The van der Waals surface area contributed by atoms with Gasteiger partial charge in [-0.15, -0.1) is 0 Å². The first kappa shape index (κ1) is 29.3. The van der Waals surface area contributed by atoms with Gasteiger partial charge in [0.2, 0.25) is 0 Å². The van der Waals surface area contributed by atoms with E-state index >= 15 is 0 Å². The van der Waals surface area contributed by atoms with E-state index in [1.165, 1.54) is 37.7 Å². The van der Waals surface area contributed by atoms with Gasteiger partial charge < -0.3 is 32.0 Å². The van der Waals surface area contributed by atoms with Crippen molar-refractivity contribution in [2.75, 3.05) is 0 Å². The molecule has 6 heteroatoms. The molecule has 0 aromatic carbocycles. The predicted octanol–water partition coefficient (Wildman–Crippen LogP) is 4.33. The van der Waals surface area contributed by atoms with Crippen LogP contribution in [-0.2, 0) is 4.79 Å². The number of nitrogens with two attached hydrogens (primary N) is 1. The molecule has 6 nitrogen and oxygen atoms in total. The second kappa shape index (κ2) is 11.9. The molecule has 4 rings (SSSR count). The van der Waals surface area contributed by atoms with Crippen LogP contribution in [0.4, 0.5) is 0 Å². The first-order valence-corrected chi connectivity index (χ1v) is 13.5. The SMILES string of the molecule is C=C1CCC2[C@@H](O)C([C@@]3(C)CC[C@H](O)C[C@@H]3CC(N)C3CCCCC3)CC[C@@]12C.CC(=O)[O-].[NH4+]. The molecule has 0 saturated heterocycles. The Morgan fingerprint density at radius 2 is 1.71 bits per heavy atom. The lowest BCUT2D eigenvalue weighted by molar-refractivity contribution is -0.302. The zero-order chi connectivity index (χ0) is 24.4. The number of fused-ring (bicyclic) bond motifs is 1. The van der Waals surface area contributed by atoms with Crippen LogP contribution in [0.2, 0.25) is 0 Å². The van der Waals surface area contributed by atoms with Gasteiger partial charge in [0.05, 0.1) is 12.2 Å². The number of hydrogen-bond acceptors (Lipinski definition) is 5. The van der Waals surface area contributed by atoms with E-state index in [-0.39, 0.29) is 35.2 Å². The Bertz CT molecular complexity index is 690. The van der Waals surface area contributed by atoms with Crippen molar-refractivity contribution in [3.63, 3.8) is 0 Å². The standard InChI is InChI=1S/C26H45NO2.C2H4O2.H3N/c1-17-9-10-21-24(29)22(12-14-25(17,21)2)26(3)13-11-20(28)15-19(26)16-23(27)18-7-5-4-6-8-18;1-2(3)4;/h18-24,28-29H,1,4-16,27H2,2-3H3;1H3,(H,3,4);1H3/t19-,20+,21?,22?,23?,24-,25+,26+;;/m1../s1. The summed E-state index contributed by atoms with van der Waals surface area (Å²) in [6.07, 6.45) is 14.4. The van der Waals surface area contributed by atoms with Crippen molar-refractivity contribution in [2.45, 2.75) is 122 Å². The van der Waals surface area contributed by atoms with E-state index < -0.39 is 5.97 Å². The van der Waals surface area contributed by atoms with Crippen LogP contribution < -0.4 is 17.0 Å². The molecule has 8 atom stereocenters. The van der Waals surface area contributed by atoms with Crippen LogP contribution in [0.1, 0.15) is 104 Å². The number of rotatable bonds is 4. The third kappa shape index (κ3) is 6.05. The highest BCUT2D eigenvalue weighted by atomic mass is 16.4. The second-order valence-corrected chi connectivity index (χ2v) is 12.2. The predicted molar refractivity (Wildman–Crippen MR) is 136 cm³/mol. The summed E-state index contributed by atoms with van der Waals surface area (Å²) in [6, 6.07) is 0.252. The number of allylic oxidation sites excluding steroid dienone is 1. The number of aliphatic hydroxyl groups is 2. The van der Waals surface area contributed by atoms with Crippen molar-refractivity contribution < 1.29 is 20.1 Å². The number of quaternary nitrogens is 1. The number of hydrogen-bond donors (Lipinski definition) is 4. The molecule has 0 spiro atoms. The third-order valence-corrected chi connectivity index (χ3v) is 10.3. The molecular weight excluding hydrogens is 428 g/mol. The molecule has 4 saturated carbocycles.